The van der Waals surface area contributed by atoms with E-state index in [1.165, 1.54) is 18.0 Å². The van der Waals surface area contributed by atoms with Crippen LogP contribution in [-0.4, -0.2) is 66.2 Å². The number of aromatic nitrogens is 2. The second kappa shape index (κ2) is 10.7. The van der Waals surface area contributed by atoms with E-state index in [9.17, 15) is 18.0 Å². The number of carbonyl (C=O) groups excluding carboxylic acids is 2. The van der Waals surface area contributed by atoms with Gasteiger partial charge in [0.05, 0.1) is 23.7 Å². The average molecular weight is 494 g/mol. The Morgan fingerprint density at radius 2 is 1.80 bits per heavy atom. The molecule has 1 aromatic heterocycles. The SMILES string of the molecule is CN(C(=O)COC(=O)/C=C/c1cn(Cc2ccccc2)nc1-c1ccccc1)C1CCS(=O)(=O)C1. The molecule has 182 valence electrons. The van der Waals surface area contributed by atoms with Crippen LogP contribution in [0.5, 0.6) is 0 Å². The number of likely N-dealkylation sites (N-methyl/N-ethyl adjacent to an activating group) is 1. The van der Waals surface area contributed by atoms with Crippen LogP contribution in [-0.2, 0) is 30.7 Å². The summed E-state index contributed by atoms with van der Waals surface area (Å²) in [7, 11) is -1.58. The van der Waals surface area contributed by atoms with Crippen molar-refractivity contribution < 1.29 is 22.7 Å². The minimum Gasteiger partial charge on any atom is -0.452 e. The number of sulfone groups is 1. The highest BCUT2D eigenvalue weighted by molar-refractivity contribution is 7.91. The van der Waals surface area contributed by atoms with E-state index in [1.54, 1.807) is 6.08 Å². The molecular weight excluding hydrogens is 466 g/mol. The van der Waals surface area contributed by atoms with Gasteiger partial charge in [-0.1, -0.05) is 60.7 Å². The van der Waals surface area contributed by atoms with E-state index in [0.29, 0.717) is 13.0 Å². The summed E-state index contributed by atoms with van der Waals surface area (Å²) in [6.45, 7) is 0.131. The molecule has 1 amide bonds. The Kier molecular flexibility index (Phi) is 7.45. The summed E-state index contributed by atoms with van der Waals surface area (Å²) in [6.07, 6.45) is 5.15. The van der Waals surface area contributed by atoms with E-state index in [-0.39, 0.29) is 17.5 Å². The molecule has 0 N–H and O–H groups in total. The van der Waals surface area contributed by atoms with Gasteiger partial charge in [0.2, 0.25) is 0 Å². The summed E-state index contributed by atoms with van der Waals surface area (Å²) >= 11 is 0. The van der Waals surface area contributed by atoms with Crippen LogP contribution in [0.15, 0.2) is 72.9 Å². The molecule has 0 saturated carbocycles. The van der Waals surface area contributed by atoms with Gasteiger partial charge in [0, 0.05) is 36.5 Å². The Bertz CT molecular complexity index is 1320. The van der Waals surface area contributed by atoms with Crippen LogP contribution in [0.25, 0.3) is 17.3 Å². The van der Waals surface area contributed by atoms with Gasteiger partial charge >= 0.3 is 5.97 Å². The standard InChI is InChI=1S/C26H27N3O5S/c1-28(23-14-15-35(32,33)19-23)24(30)18-34-25(31)13-12-22-17-29(16-20-8-4-2-5-9-20)27-26(22)21-10-6-3-7-11-21/h2-13,17,23H,14-16,18-19H2,1H3/b13-12+. The molecule has 1 atom stereocenters. The number of hydrogen-bond donors (Lipinski definition) is 0. The first-order valence-electron chi connectivity index (χ1n) is 11.3. The third-order valence-electron chi connectivity index (χ3n) is 5.91. The highest BCUT2D eigenvalue weighted by Crippen LogP contribution is 2.23. The topological polar surface area (TPSA) is 98.6 Å². The number of rotatable bonds is 8. The molecule has 2 aromatic carbocycles. The van der Waals surface area contributed by atoms with E-state index in [2.05, 4.69) is 0 Å². The number of amides is 1. The smallest absolute Gasteiger partial charge is 0.331 e. The number of ether oxygens (including phenoxy) is 1. The molecule has 1 unspecified atom stereocenters. The quantitative estimate of drug-likeness (QED) is 0.354. The zero-order valence-electron chi connectivity index (χ0n) is 19.4. The van der Waals surface area contributed by atoms with Crippen molar-refractivity contribution >= 4 is 27.8 Å². The molecule has 0 radical (unpaired) electrons. The molecule has 1 aliphatic rings. The maximum atomic E-state index is 12.4. The summed E-state index contributed by atoms with van der Waals surface area (Å²) in [4.78, 5) is 26.0. The summed E-state index contributed by atoms with van der Waals surface area (Å²) in [6, 6.07) is 19.2. The molecule has 4 rings (SSSR count). The van der Waals surface area contributed by atoms with E-state index < -0.39 is 28.3 Å². The third kappa shape index (κ3) is 6.45. The monoisotopic (exact) mass is 493 g/mol. The first-order chi connectivity index (χ1) is 16.8. The fourth-order valence-electron chi connectivity index (χ4n) is 3.96. The Balaban J connectivity index is 1.42. The van der Waals surface area contributed by atoms with Gasteiger partial charge in [-0.15, -0.1) is 0 Å². The Morgan fingerprint density at radius 3 is 2.46 bits per heavy atom. The first-order valence-corrected chi connectivity index (χ1v) is 13.1. The van der Waals surface area contributed by atoms with E-state index >= 15 is 0 Å². The van der Waals surface area contributed by atoms with Gasteiger partial charge < -0.3 is 9.64 Å². The average Bonchev–Trinajstić information content (AvgIpc) is 3.44. The molecular formula is C26H27N3O5S. The van der Waals surface area contributed by atoms with Crippen molar-refractivity contribution in [2.45, 2.75) is 19.0 Å². The zero-order valence-corrected chi connectivity index (χ0v) is 20.2. The van der Waals surface area contributed by atoms with Crippen molar-refractivity contribution in [2.24, 2.45) is 0 Å². The van der Waals surface area contributed by atoms with Crippen LogP contribution < -0.4 is 0 Å². The van der Waals surface area contributed by atoms with Crippen molar-refractivity contribution in [1.82, 2.24) is 14.7 Å². The summed E-state index contributed by atoms with van der Waals surface area (Å²) in [5.74, 6) is -1.09. The fraction of sp³-hybridized carbons (Fsp3) is 0.269. The van der Waals surface area contributed by atoms with Gasteiger partial charge in [-0.25, -0.2) is 13.2 Å². The van der Waals surface area contributed by atoms with E-state index in [0.717, 1.165) is 22.4 Å². The molecule has 0 spiro atoms. The number of esters is 1. The van der Waals surface area contributed by atoms with Gasteiger partial charge in [-0.2, -0.15) is 5.10 Å². The lowest BCUT2D eigenvalue weighted by atomic mass is 10.1. The van der Waals surface area contributed by atoms with Crippen molar-refractivity contribution in [3.8, 4) is 11.3 Å². The molecule has 35 heavy (non-hydrogen) atoms. The first kappa shape index (κ1) is 24.4. The number of benzene rings is 2. The summed E-state index contributed by atoms with van der Waals surface area (Å²) in [5.41, 5.74) is 3.48. The second-order valence-corrected chi connectivity index (χ2v) is 10.7. The maximum Gasteiger partial charge on any atom is 0.331 e. The van der Waals surface area contributed by atoms with E-state index in [4.69, 9.17) is 9.84 Å². The Morgan fingerprint density at radius 1 is 1.11 bits per heavy atom. The Labute approximate surface area is 204 Å². The molecule has 1 aliphatic heterocycles. The zero-order chi connectivity index (χ0) is 24.8. The predicted octanol–water partition coefficient (Wildman–Crippen LogP) is 2.80. The van der Waals surface area contributed by atoms with Gasteiger partial charge in [-0.05, 0) is 18.1 Å². The molecule has 8 nitrogen and oxygen atoms in total. The predicted molar refractivity (Wildman–Crippen MR) is 133 cm³/mol. The lowest BCUT2D eigenvalue weighted by molar-refractivity contribution is -0.148. The second-order valence-electron chi connectivity index (χ2n) is 8.48. The minimum absolute atomic E-state index is 0.0572. The lowest BCUT2D eigenvalue weighted by Crippen LogP contribution is -2.40. The number of hydrogen-bond acceptors (Lipinski definition) is 6. The molecule has 0 bridgehead atoms. The van der Waals surface area contributed by atoms with Crippen LogP contribution in [0.4, 0.5) is 0 Å². The largest absolute Gasteiger partial charge is 0.452 e. The maximum absolute atomic E-state index is 12.4. The Hall–Kier alpha value is -3.72. The number of nitrogens with zero attached hydrogens (tertiary/aromatic N) is 3. The summed E-state index contributed by atoms with van der Waals surface area (Å²) in [5, 5.41) is 4.71. The normalized spacial score (nSPS) is 16.9. The fourth-order valence-corrected chi connectivity index (χ4v) is 5.73. The molecule has 0 aliphatic carbocycles. The highest BCUT2D eigenvalue weighted by atomic mass is 32.2. The van der Waals surface area contributed by atoms with Gasteiger partial charge in [-0.3, -0.25) is 9.48 Å². The van der Waals surface area contributed by atoms with Gasteiger partial charge in [0.1, 0.15) is 0 Å². The van der Waals surface area contributed by atoms with Crippen LogP contribution in [0.3, 0.4) is 0 Å². The van der Waals surface area contributed by atoms with Crippen molar-refractivity contribution in [1.29, 1.82) is 0 Å². The third-order valence-corrected chi connectivity index (χ3v) is 7.66. The minimum atomic E-state index is -3.11. The molecule has 9 heteroatoms. The van der Waals surface area contributed by atoms with Gasteiger partial charge in [0.25, 0.3) is 5.91 Å². The van der Waals surface area contributed by atoms with Crippen molar-refractivity contribution in [3.05, 3.63) is 84.1 Å². The van der Waals surface area contributed by atoms with Crippen LogP contribution in [0, 0.1) is 0 Å². The molecule has 1 saturated heterocycles. The van der Waals surface area contributed by atoms with Gasteiger partial charge in [0.15, 0.2) is 16.4 Å². The molecule has 1 fully saturated rings. The van der Waals surface area contributed by atoms with Crippen LogP contribution >= 0.6 is 0 Å². The number of carbonyl (C=O) groups is 2. The molecule has 2 heterocycles. The van der Waals surface area contributed by atoms with Crippen LogP contribution in [0.2, 0.25) is 0 Å². The highest BCUT2D eigenvalue weighted by Gasteiger charge is 2.32. The van der Waals surface area contributed by atoms with Crippen molar-refractivity contribution in [3.63, 3.8) is 0 Å². The summed E-state index contributed by atoms with van der Waals surface area (Å²) < 4.78 is 30.2. The molecule has 3 aromatic rings. The van der Waals surface area contributed by atoms with E-state index in [1.807, 2.05) is 71.5 Å². The van der Waals surface area contributed by atoms with Crippen molar-refractivity contribution in [2.75, 3.05) is 25.2 Å². The van der Waals surface area contributed by atoms with Crippen LogP contribution in [0.1, 0.15) is 17.5 Å². The lowest BCUT2D eigenvalue weighted by Gasteiger charge is -2.22.